The van der Waals surface area contributed by atoms with Gasteiger partial charge in [0.2, 0.25) is 5.95 Å². The summed E-state index contributed by atoms with van der Waals surface area (Å²) in [5.41, 5.74) is 16.6. The van der Waals surface area contributed by atoms with Crippen LogP contribution >= 0.6 is 11.3 Å². The molecule has 12 nitrogen and oxygen atoms in total. The van der Waals surface area contributed by atoms with E-state index in [1.165, 1.54) is 24.2 Å². The summed E-state index contributed by atoms with van der Waals surface area (Å²) in [4.78, 5) is 24.7. The number of H-pyrrole nitrogens is 1. The lowest BCUT2D eigenvalue weighted by molar-refractivity contribution is 0.0959. The molecule has 1 fully saturated rings. The van der Waals surface area contributed by atoms with E-state index in [4.69, 9.17) is 11.3 Å². The highest BCUT2D eigenvalue weighted by Crippen LogP contribution is 2.39. The Labute approximate surface area is 204 Å². The molecule has 0 aliphatic heterocycles. The van der Waals surface area contributed by atoms with Crippen molar-refractivity contribution in [3.05, 3.63) is 63.1 Å². The summed E-state index contributed by atoms with van der Waals surface area (Å²) in [6.45, 7) is 0.906. The number of hydrogen-bond donors (Lipinski definition) is 5. The van der Waals surface area contributed by atoms with Crippen LogP contribution in [0.2, 0.25) is 0 Å². The second kappa shape index (κ2) is 9.97. The van der Waals surface area contributed by atoms with Crippen LogP contribution in [0.4, 0.5) is 23.3 Å². The van der Waals surface area contributed by atoms with E-state index >= 15 is 0 Å². The summed E-state index contributed by atoms with van der Waals surface area (Å²) >= 11 is 1.40. The zero-order chi connectivity index (χ0) is 24.2. The number of hydrogen-bond acceptors (Lipinski definition) is 9. The van der Waals surface area contributed by atoms with Gasteiger partial charge in [-0.2, -0.15) is 10.1 Å². The molecule has 0 bridgehead atoms. The number of aromatic amines is 1. The number of carbonyl (C=O) groups excluding carboxylic acids is 1. The zero-order valence-corrected chi connectivity index (χ0v) is 19.5. The molecule has 6 N–H and O–H groups in total. The van der Waals surface area contributed by atoms with Gasteiger partial charge in [-0.1, -0.05) is 11.2 Å². The Balaban J connectivity index is 1.37. The van der Waals surface area contributed by atoms with Crippen LogP contribution in [-0.2, 0) is 6.54 Å². The molecule has 1 amide bonds. The van der Waals surface area contributed by atoms with E-state index in [-0.39, 0.29) is 12.5 Å². The van der Waals surface area contributed by atoms with E-state index in [1.807, 2.05) is 30.3 Å². The summed E-state index contributed by atoms with van der Waals surface area (Å²) in [5.74, 6) is 1.94. The fourth-order valence-electron chi connectivity index (χ4n) is 3.56. The number of nitrogens with one attached hydrogen (secondary N) is 4. The van der Waals surface area contributed by atoms with E-state index < -0.39 is 0 Å². The van der Waals surface area contributed by atoms with Crippen molar-refractivity contribution in [3.63, 3.8) is 0 Å². The summed E-state index contributed by atoms with van der Waals surface area (Å²) in [7, 11) is 0. The number of nitrogens with zero attached hydrogens (tertiary/aromatic N) is 6. The minimum Gasteiger partial charge on any atom is -0.350 e. The first kappa shape index (κ1) is 22.6. The van der Waals surface area contributed by atoms with Crippen molar-refractivity contribution in [1.29, 1.82) is 0 Å². The Kier molecular flexibility index (Phi) is 6.44. The van der Waals surface area contributed by atoms with Crippen LogP contribution in [0.25, 0.3) is 20.5 Å². The van der Waals surface area contributed by atoms with E-state index in [9.17, 15) is 4.79 Å². The number of carbonyl (C=O) groups is 1. The predicted octanol–water partition coefficient (Wildman–Crippen LogP) is 4.28. The van der Waals surface area contributed by atoms with Crippen LogP contribution in [0.5, 0.6) is 0 Å². The van der Waals surface area contributed by atoms with Crippen molar-refractivity contribution in [1.82, 2.24) is 25.5 Å². The van der Waals surface area contributed by atoms with Crippen LogP contribution in [0.3, 0.4) is 0 Å². The average Bonchev–Trinajstić information content (AvgIpc) is 3.45. The molecule has 178 valence electrons. The van der Waals surface area contributed by atoms with E-state index in [1.54, 1.807) is 6.07 Å². The van der Waals surface area contributed by atoms with Gasteiger partial charge < -0.3 is 21.7 Å². The summed E-state index contributed by atoms with van der Waals surface area (Å²) in [6, 6.07) is 11.3. The van der Waals surface area contributed by atoms with Crippen LogP contribution in [0.1, 0.15) is 39.8 Å². The number of nitrogens with two attached hydrogens (primary N) is 1. The van der Waals surface area contributed by atoms with Gasteiger partial charge in [-0.05, 0) is 42.0 Å². The molecule has 0 radical (unpaired) electrons. The summed E-state index contributed by atoms with van der Waals surface area (Å²) < 4.78 is 0.945. The molecule has 0 atom stereocenters. The largest absolute Gasteiger partial charge is 0.350 e. The molecule has 35 heavy (non-hydrogen) atoms. The molecule has 0 unspecified atom stereocenters. The minimum atomic E-state index is -0.140. The van der Waals surface area contributed by atoms with Gasteiger partial charge in [0.15, 0.2) is 5.82 Å². The Bertz CT molecular complexity index is 1420. The smallest absolute Gasteiger partial charge is 0.261 e. The number of azide groups is 1. The Morgan fingerprint density at radius 3 is 2.89 bits per heavy atom. The van der Waals surface area contributed by atoms with Crippen LogP contribution in [0.15, 0.2) is 41.5 Å². The fraction of sp³-hybridized carbons (Fsp3) is 0.273. The number of anilines is 4. The second-order valence-electron chi connectivity index (χ2n) is 8.10. The predicted molar refractivity (Wildman–Crippen MR) is 135 cm³/mol. The molecule has 0 spiro atoms. The number of thiophene rings is 1. The maximum Gasteiger partial charge on any atom is 0.261 e. The number of aromatic nitrogens is 4. The highest BCUT2D eigenvalue weighted by Gasteiger charge is 2.25. The third-order valence-corrected chi connectivity index (χ3v) is 6.47. The van der Waals surface area contributed by atoms with E-state index in [2.05, 4.69) is 46.1 Å². The molecule has 1 saturated carbocycles. The zero-order valence-electron chi connectivity index (χ0n) is 18.7. The highest BCUT2D eigenvalue weighted by atomic mass is 32.1. The number of fused-ring (bicyclic) bond motifs is 1. The van der Waals surface area contributed by atoms with E-state index in [0.29, 0.717) is 47.2 Å². The van der Waals surface area contributed by atoms with Gasteiger partial charge >= 0.3 is 0 Å². The first-order valence-electron chi connectivity index (χ1n) is 11.1. The lowest BCUT2D eigenvalue weighted by Gasteiger charge is -2.09. The van der Waals surface area contributed by atoms with Crippen LogP contribution in [-0.4, -0.2) is 39.2 Å². The van der Waals surface area contributed by atoms with Crippen molar-refractivity contribution in [3.8, 4) is 0 Å². The molecule has 1 aliphatic rings. The topological polar surface area (TPSA) is 182 Å². The molecule has 1 aliphatic carbocycles. The van der Waals surface area contributed by atoms with Gasteiger partial charge in [0.05, 0.1) is 17.1 Å². The maximum absolute atomic E-state index is 12.3. The standard InChI is InChI=1S/C22H23N11OS/c23-5-6-25-21(34)18-7-13-3-4-14(8-17(13)35-18)27-22-28-15(11-26-33-24)9-19(30-22)29-20-10-16(31-32-20)12-1-2-12/h3-4,7-10,12H,1-2,5-6,11,23H2,(H,25,34)(H3,27,28,29,30,31,32). The molecule has 4 aromatic rings. The first-order valence-corrected chi connectivity index (χ1v) is 11.9. The van der Waals surface area contributed by atoms with Gasteiger partial charge in [0.25, 0.3) is 5.91 Å². The molecular formula is C22H23N11OS. The van der Waals surface area contributed by atoms with Crippen molar-refractivity contribution in [2.75, 3.05) is 23.7 Å². The lowest BCUT2D eigenvalue weighted by Crippen LogP contribution is -2.28. The Morgan fingerprint density at radius 1 is 1.20 bits per heavy atom. The molecule has 0 saturated heterocycles. The van der Waals surface area contributed by atoms with Crippen molar-refractivity contribution < 1.29 is 4.79 Å². The van der Waals surface area contributed by atoms with Gasteiger partial charge in [0.1, 0.15) is 5.82 Å². The third kappa shape index (κ3) is 5.49. The number of benzene rings is 1. The van der Waals surface area contributed by atoms with Gasteiger partial charge in [-0.3, -0.25) is 9.89 Å². The SMILES string of the molecule is [N-]=[N+]=NCc1cc(Nc2cc(C3CC3)[nH]n2)nc(Nc2ccc3cc(C(=O)NCCN)sc3c2)n1. The summed E-state index contributed by atoms with van der Waals surface area (Å²) in [5, 5.41) is 21.1. The Morgan fingerprint density at radius 2 is 2.09 bits per heavy atom. The first-order chi connectivity index (χ1) is 17.1. The quantitative estimate of drug-likeness (QED) is 0.125. The molecule has 3 aromatic heterocycles. The third-order valence-electron chi connectivity index (χ3n) is 5.38. The van der Waals surface area contributed by atoms with Gasteiger partial charge in [-0.25, -0.2) is 4.98 Å². The van der Waals surface area contributed by atoms with Crippen molar-refractivity contribution in [2.45, 2.75) is 25.3 Å². The van der Waals surface area contributed by atoms with Gasteiger partial charge in [0, 0.05) is 52.1 Å². The average molecular weight is 490 g/mol. The van der Waals surface area contributed by atoms with E-state index in [0.717, 1.165) is 21.5 Å². The molecule has 13 heteroatoms. The monoisotopic (exact) mass is 489 g/mol. The van der Waals surface area contributed by atoms with Gasteiger partial charge in [-0.15, -0.1) is 11.3 Å². The Hall–Kier alpha value is -4.19. The summed E-state index contributed by atoms with van der Waals surface area (Å²) in [6.07, 6.45) is 2.35. The molecule has 1 aromatic carbocycles. The lowest BCUT2D eigenvalue weighted by atomic mass is 10.2. The fourth-order valence-corrected chi connectivity index (χ4v) is 4.58. The number of amides is 1. The minimum absolute atomic E-state index is 0.0848. The molecular weight excluding hydrogens is 466 g/mol. The van der Waals surface area contributed by atoms with Crippen molar-refractivity contribution in [2.24, 2.45) is 10.8 Å². The van der Waals surface area contributed by atoms with Crippen LogP contribution < -0.4 is 21.7 Å². The van der Waals surface area contributed by atoms with Crippen molar-refractivity contribution >= 4 is 50.6 Å². The number of rotatable bonds is 10. The molecule has 3 heterocycles. The second-order valence-corrected chi connectivity index (χ2v) is 9.18. The normalized spacial score (nSPS) is 12.8. The molecule has 5 rings (SSSR count). The maximum atomic E-state index is 12.3. The van der Waals surface area contributed by atoms with Crippen LogP contribution in [0, 0.1) is 0 Å². The highest BCUT2D eigenvalue weighted by molar-refractivity contribution is 7.20.